The van der Waals surface area contributed by atoms with Crippen molar-refractivity contribution in [3.63, 3.8) is 0 Å². The standard InChI is InChI=1S/C21H16ClF2N5O2/c1-10(31-19-6-11-5-16(24)14(22)8-17(11)28-20(19)25)12-7-13(21(26)30)15(23)9-18(12)29-4-2-3-27-29/h2-10H,1H3,(H2,25,28)(H2,26,30). The van der Waals surface area contributed by atoms with Gasteiger partial charge in [-0.2, -0.15) is 5.10 Å². The molecule has 0 bridgehead atoms. The number of anilines is 1. The first-order valence-corrected chi connectivity index (χ1v) is 9.47. The van der Waals surface area contributed by atoms with Crippen molar-refractivity contribution in [2.45, 2.75) is 13.0 Å². The minimum absolute atomic E-state index is 0.0555. The molecule has 0 fully saturated rings. The molecular weight excluding hydrogens is 428 g/mol. The highest BCUT2D eigenvalue weighted by Crippen LogP contribution is 2.33. The SMILES string of the molecule is CC(Oc1cc2cc(F)c(Cl)cc2nc1N)c1cc(C(N)=O)c(F)cc1-n1cccn1. The van der Waals surface area contributed by atoms with Crippen LogP contribution >= 0.6 is 11.6 Å². The predicted molar refractivity (Wildman–Crippen MR) is 112 cm³/mol. The number of ether oxygens (including phenoxy) is 1. The lowest BCUT2D eigenvalue weighted by Crippen LogP contribution is -2.17. The van der Waals surface area contributed by atoms with E-state index in [9.17, 15) is 13.6 Å². The number of rotatable bonds is 5. The van der Waals surface area contributed by atoms with E-state index in [1.54, 1.807) is 19.2 Å². The molecule has 0 aliphatic carbocycles. The molecule has 2 aromatic carbocycles. The second-order valence-corrected chi connectivity index (χ2v) is 7.20. The molecule has 31 heavy (non-hydrogen) atoms. The summed E-state index contributed by atoms with van der Waals surface area (Å²) in [5.41, 5.74) is 12.2. The Balaban J connectivity index is 1.78. The van der Waals surface area contributed by atoms with E-state index in [2.05, 4.69) is 10.1 Å². The normalized spacial score (nSPS) is 12.1. The summed E-state index contributed by atoms with van der Waals surface area (Å²) in [6.45, 7) is 1.68. The molecule has 7 nitrogen and oxygen atoms in total. The molecule has 4 aromatic rings. The van der Waals surface area contributed by atoms with Gasteiger partial charge in [0.05, 0.1) is 21.8 Å². The lowest BCUT2D eigenvalue weighted by atomic mass is 10.0. The summed E-state index contributed by atoms with van der Waals surface area (Å²) in [5, 5.41) is 4.48. The molecule has 2 aromatic heterocycles. The Hall–Kier alpha value is -3.72. The van der Waals surface area contributed by atoms with Crippen molar-refractivity contribution in [3.05, 3.63) is 76.6 Å². The summed E-state index contributed by atoms with van der Waals surface area (Å²) < 4.78 is 35.7. The van der Waals surface area contributed by atoms with Crippen LogP contribution in [-0.2, 0) is 0 Å². The molecule has 1 atom stereocenters. The number of benzene rings is 2. The van der Waals surface area contributed by atoms with Gasteiger partial charge in [0.1, 0.15) is 17.7 Å². The number of hydrogen-bond acceptors (Lipinski definition) is 5. The third-order valence-electron chi connectivity index (χ3n) is 4.72. The number of aromatic nitrogens is 3. The molecule has 1 unspecified atom stereocenters. The van der Waals surface area contributed by atoms with Gasteiger partial charge >= 0.3 is 0 Å². The zero-order valence-corrected chi connectivity index (χ0v) is 16.9. The van der Waals surface area contributed by atoms with Crippen molar-refractivity contribution in [1.29, 1.82) is 0 Å². The van der Waals surface area contributed by atoms with Crippen molar-refractivity contribution in [2.75, 3.05) is 5.73 Å². The Morgan fingerprint density at radius 3 is 2.65 bits per heavy atom. The van der Waals surface area contributed by atoms with Crippen LogP contribution in [0.4, 0.5) is 14.6 Å². The van der Waals surface area contributed by atoms with Gasteiger partial charge in [0, 0.05) is 29.4 Å². The van der Waals surface area contributed by atoms with E-state index in [1.807, 2.05) is 0 Å². The highest BCUT2D eigenvalue weighted by atomic mass is 35.5. The van der Waals surface area contributed by atoms with Crippen molar-refractivity contribution < 1.29 is 18.3 Å². The summed E-state index contributed by atoms with van der Waals surface area (Å²) in [6, 6.07) is 8.25. The zero-order chi connectivity index (χ0) is 22.3. The highest BCUT2D eigenvalue weighted by Gasteiger charge is 2.21. The second kappa shape index (κ2) is 7.84. The quantitative estimate of drug-likeness (QED) is 0.481. The maximum Gasteiger partial charge on any atom is 0.251 e. The maximum atomic E-state index is 14.4. The molecule has 4 N–H and O–H groups in total. The molecule has 0 aliphatic rings. The largest absolute Gasteiger partial charge is 0.482 e. The first kappa shape index (κ1) is 20.5. The van der Waals surface area contributed by atoms with Gasteiger partial charge in [0.15, 0.2) is 11.6 Å². The molecule has 158 valence electrons. The summed E-state index contributed by atoms with van der Waals surface area (Å²) >= 11 is 5.80. The average molecular weight is 444 g/mol. The second-order valence-electron chi connectivity index (χ2n) is 6.80. The van der Waals surface area contributed by atoms with Gasteiger partial charge in [-0.25, -0.2) is 18.4 Å². The number of nitrogen functional groups attached to an aromatic ring is 1. The number of primary amides is 1. The molecule has 0 spiro atoms. The number of halogens is 3. The van der Waals surface area contributed by atoms with Gasteiger partial charge < -0.3 is 16.2 Å². The van der Waals surface area contributed by atoms with Crippen LogP contribution < -0.4 is 16.2 Å². The van der Waals surface area contributed by atoms with Crippen LogP contribution in [0.15, 0.2) is 48.8 Å². The predicted octanol–water partition coefficient (Wildman–Crippen LogP) is 4.17. The molecule has 1 amide bonds. The van der Waals surface area contributed by atoms with E-state index in [1.165, 1.54) is 35.1 Å². The molecule has 2 heterocycles. The van der Waals surface area contributed by atoms with Crippen LogP contribution in [0.3, 0.4) is 0 Å². The number of nitrogens with two attached hydrogens (primary N) is 2. The van der Waals surface area contributed by atoms with Crippen molar-refractivity contribution in [3.8, 4) is 11.4 Å². The maximum absolute atomic E-state index is 14.4. The van der Waals surface area contributed by atoms with Crippen molar-refractivity contribution >= 4 is 34.2 Å². The van der Waals surface area contributed by atoms with E-state index in [4.69, 9.17) is 27.8 Å². The Labute approximate surface area is 180 Å². The molecule has 0 saturated heterocycles. The number of carbonyl (C=O) groups is 1. The minimum atomic E-state index is -0.919. The summed E-state index contributed by atoms with van der Waals surface area (Å²) in [4.78, 5) is 15.9. The lowest BCUT2D eigenvalue weighted by Gasteiger charge is -2.20. The third-order valence-corrected chi connectivity index (χ3v) is 5.01. The molecule has 4 rings (SSSR count). The fourth-order valence-electron chi connectivity index (χ4n) is 3.22. The first-order chi connectivity index (χ1) is 14.7. The van der Waals surface area contributed by atoms with Crippen LogP contribution in [-0.4, -0.2) is 20.7 Å². The highest BCUT2D eigenvalue weighted by molar-refractivity contribution is 6.31. The summed E-state index contributed by atoms with van der Waals surface area (Å²) in [6.07, 6.45) is 2.42. The number of pyridine rings is 1. The van der Waals surface area contributed by atoms with Crippen molar-refractivity contribution in [1.82, 2.24) is 14.8 Å². The number of fused-ring (bicyclic) bond motifs is 1. The first-order valence-electron chi connectivity index (χ1n) is 9.09. The topological polar surface area (TPSA) is 109 Å². The third kappa shape index (κ3) is 3.87. The Bertz CT molecular complexity index is 1310. The Morgan fingerprint density at radius 1 is 1.19 bits per heavy atom. The van der Waals surface area contributed by atoms with Crippen LogP contribution in [0.2, 0.25) is 5.02 Å². The minimum Gasteiger partial charge on any atom is -0.482 e. The van der Waals surface area contributed by atoms with Gasteiger partial charge in [-0.05, 0) is 37.3 Å². The Morgan fingerprint density at radius 2 is 1.97 bits per heavy atom. The van der Waals surface area contributed by atoms with E-state index in [0.29, 0.717) is 22.2 Å². The molecule has 10 heteroatoms. The van der Waals surface area contributed by atoms with E-state index < -0.39 is 23.6 Å². The molecular formula is C21H16ClF2N5O2. The fraction of sp³-hybridized carbons (Fsp3) is 0.0952. The number of nitrogens with zero attached hydrogens (tertiary/aromatic N) is 3. The van der Waals surface area contributed by atoms with Crippen LogP contribution in [0.25, 0.3) is 16.6 Å². The monoisotopic (exact) mass is 443 g/mol. The van der Waals surface area contributed by atoms with E-state index >= 15 is 0 Å². The van der Waals surface area contributed by atoms with Crippen LogP contribution in [0.5, 0.6) is 5.75 Å². The van der Waals surface area contributed by atoms with Gasteiger partial charge in [-0.1, -0.05) is 11.6 Å². The van der Waals surface area contributed by atoms with Crippen LogP contribution in [0.1, 0.15) is 28.9 Å². The molecule has 0 saturated carbocycles. The average Bonchev–Trinajstić information content (AvgIpc) is 3.24. The Kier molecular flexibility index (Phi) is 5.20. The molecule has 0 aliphatic heterocycles. The number of amides is 1. The smallest absolute Gasteiger partial charge is 0.251 e. The number of carbonyl (C=O) groups excluding carboxylic acids is 1. The number of hydrogen-bond donors (Lipinski definition) is 2. The van der Waals surface area contributed by atoms with Crippen LogP contribution in [0, 0.1) is 11.6 Å². The fourth-order valence-corrected chi connectivity index (χ4v) is 3.37. The summed E-state index contributed by atoms with van der Waals surface area (Å²) in [5.74, 6) is -2.08. The van der Waals surface area contributed by atoms with Gasteiger partial charge in [-0.15, -0.1) is 0 Å². The van der Waals surface area contributed by atoms with Gasteiger partial charge in [0.25, 0.3) is 5.91 Å². The molecule has 0 radical (unpaired) electrons. The van der Waals surface area contributed by atoms with Gasteiger partial charge in [0.2, 0.25) is 0 Å². The zero-order valence-electron chi connectivity index (χ0n) is 16.1. The summed E-state index contributed by atoms with van der Waals surface area (Å²) in [7, 11) is 0. The van der Waals surface area contributed by atoms with Gasteiger partial charge in [-0.3, -0.25) is 4.79 Å². The van der Waals surface area contributed by atoms with Crippen molar-refractivity contribution in [2.24, 2.45) is 5.73 Å². The van der Waals surface area contributed by atoms with E-state index in [0.717, 1.165) is 6.07 Å². The lowest BCUT2D eigenvalue weighted by molar-refractivity contribution is 0.0996. The van der Waals surface area contributed by atoms with E-state index in [-0.39, 0.29) is 22.2 Å².